The molecule has 3 nitrogen and oxygen atoms in total. The van der Waals surface area contributed by atoms with Crippen LogP contribution in [0.3, 0.4) is 0 Å². The number of aromatic nitrogens is 2. The fraction of sp³-hybridized carbons (Fsp3) is 0.312. The summed E-state index contributed by atoms with van der Waals surface area (Å²) >= 11 is 0. The number of aryl methyl sites for hydroxylation is 1. The lowest BCUT2D eigenvalue weighted by Gasteiger charge is -2.06. The molecule has 1 aromatic carbocycles. The van der Waals surface area contributed by atoms with Crippen molar-refractivity contribution in [2.45, 2.75) is 32.2 Å². The number of nitrogens with two attached hydrogens (primary N) is 1. The molecule has 0 spiro atoms. The van der Waals surface area contributed by atoms with Gasteiger partial charge >= 0.3 is 0 Å². The van der Waals surface area contributed by atoms with Crippen LogP contribution in [0.25, 0.3) is 11.3 Å². The van der Waals surface area contributed by atoms with E-state index in [1.165, 1.54) is 12.1 Å². The normalized spacial score (nSPS) is 14.2. The first-order valence-corrected chi connectivity index (χ1v) is 6.67. The third kappa shape index (κ3) is 2.05. The van der Waals surface area contributed by atoms with E-state index in [4.69, 9.17) is 12.2 Å². The van der Waals surface area contributed by atoms with E-state index in [1.807, 2.05) is 11.5 Å². The maximum Gasteiger partial charge on any atom is 0.132 e. The quantitative estimate of drug-likeness (QED) is 0.870. The lowest BCUT2D eigenvalue weighted by molar-refractivity contribution is 0.627. The molecule has 1 heterocycles. The Kier molecular flexibility index (Phi) is 2.98. The number of halogens is 1. The second-order valence-corrected chi connectivity index (χ2v) is 5.23. The summed E-state index contributed by atoms with van der Waals surface area (Å²) in [7, 11) is 0. The van der Waals surface area contributed by atoms with Crippen molar-refractivity contribution < 1.29 is 4.39 Å². The number of anilines is 1. The summed E-state index contributed by atoms with van der Waals surface area (Å²) in [6, 6.07) is 4.64. The molecule has 0 unspecified atom stereocenters. The number of rotatable bonds is 3. The van der Waals surface area contributed by atoms with E-state index in [0.717, 1.165) is 29.8 Å². The smallest absolute Gasteiger partial charge is 0.132 e. The summed E-state index contributed by atoms with van der Waals surface area (Å²) in [4.78, 5) is 4.67. The van der Waals surface area contributed by atoms with E-state index < -0.39 is 0 Å². The number of hydrogen-bond donors (Lipinski definition) is 1. The van der Waals surface area contributed by atoms with Crippen LogP contribution in [-0.2, 0) is 6.54 Å². The molecule has 2 aromatic rings. The first kappa shape index (κ1) is 12.7. The van der Waals surface area contributed by atoms with Crippen molar-refractivity contribution in [3.8, 4) is 23.6 Å². The highest BCUT2D eigenvalue weighted by molar-refractivity contribution is 5.74. The molecule has 1 aliphatic carbocycles. The van der Waals surface area contributed by atoms with Crippen molar-refractivity contribution in [2.24, 2.45) is 0 Å². The van der Waals surface area contributed by atoms with Gasteiger partial charge in [-0.1, -0.05) is 5.92 Å². The maximum absolute atomic E-state index is 13.2. The second kappa shape index (κ2) is 4.68. The second-order valence-electron chi connectivity index (χ2n) is 5.23. The molecule has 3 rings (SSSR count). The Morgan fingerprint density at radius 2 is 2.25 bits per heavy atom. The molecule has 0 aliphatic heterocycles. The van der Waals surface area contributed by atoms with Crippen molar-refractivity contribution >= 4 is 5.82 Å². The van der Waals surface area contributed by atoms with Crippen LogP contribution in [0.1, 0.15) is 30.1 Å². The van der Waals surface area contributed by atoms with E-state index in [0.29, 0.717) is 24.0 Å². The average Bonchev–Trinajstić information content (AvgIpc) is 3.19. The van der Waals surface area contributed by atoms with Gasteiger partial charge in [0.2, 0.25) is 0 Å². The highest BCUT2D eigenvalue weighted by atomic mass is 19.1. The number of terminal acetylenes is 1. The number of benzene rings is 1. The predicted octanol–water partition coefficient (Wildman–Crippen LogP) is 3.09. The van der Waals surface area contributed by atoms with Gasteiger partial charge < -0.3 is 10.3 Å². The van der Waals surface area contributed by atoms with Gasteiger partial charge in [-0.25, -0.2) is 9.37 Å². The Balaban J connectivity index is 2.14. The minimum atomic E-state index is -0.254. The van der Waals surface area contributed by atoms with Gasteiger partial charge in [0.1, 0.15) is 23.2 Å². The minimum absolute atomic E-state index is 0.254. The molecule has 1 aliphatic rings. The molecule has 2 N–H and O–H groups in total. The Hall–Kier alpha value is -2.28. The van der Waals surface area contributed by atoms with Gasteiger partial charge in [0.25, 0.3) is 0 Å². The molecule has 0 bridgehead atoms. The lowest BCUT2D eigenvalue weighted by Crippen LogP contribution is -2.05. The molecule has 0 amide bonds. The number of nitrogen functional groups attached to an aromatic ring is 1. The van der Waals surface area contributed by atoms with Crippen molar-refractivity contribution in [3.05, 3.63) is 35.4 Å². The predicted molar refractivity (Wildman–Crippen MR) is 77.6 cm³/mol. The third-order valence-corrected chi connectivity index (χ3v) is 3.67. The summed E-state index contributed by atoms with van der Waals surface area (Å²) in [5.74, 6) is 4.35. The van der Waals surface area contributed by atoms with E-state index in [1.54, 1.807) is 6.07 Å². The van der Waals surface area contributed by atoms with Crippen molar-refractivity contribution in [1.82, 2.24) is 9.55 Å². The molecule has 102 valence electrons. The summed E-state index contributed by atoms with van der Waals surface area (Å²) < 4.78 is 15.1. The van der Waals surface area contributed by atoms with Gasteiger partial charge in [0, 0.05) is 11.5 Å². The van der Waals surface area contributed by atoms with Crippen molar-refractivity contribution in [3.63, 3.8) is 0 Å². The Morgan fingerprint density at radius 3 is 2.85 bits per heavy atom. The van der Waals surface area contributed by atoms with Gasteiger partial charge in [-0.3, -0.25) is 0 Å². The molecule has 0 atom stereocenters. The molecule has 20 heavy (non-hydrogen) atoms. The first-order valence-electron chi connectivity index (χ1n) is 6.67. The van der Waals surface area contributed by atoms with Crippen LogP contribution in [0.4, 0.5) is 10.2 Å². The summed E-state index contributed by atoms with van der Waals surface area (Å²) in [6.45, 7) is 2.28. The molecule has 1 fully saturated rings. The van der Waals surface area contributed by atoms with Crippen LogP contribution < -0.4 is 5.73 Å². The lowest BCUT2D eigenvalue weighted by atomic mass is 10.1. The molecule has 1 saturated carbocycles. The van der Waals surface area contributed by atoms with Crippen LogP contribution in [0.2, 0.25) is 0 Å². The third-order valence-electron chi connectivity index (χ3n) is 3.67. The van der Waals surface area contributed by atoms with Gasteiger partial charge in [-0.2, -0.15) is 0 Å². The maximum atomic E-state index is 13.2. The molecule has 1 aromatic heterocycles. The first-order chi connectivity index (χ1) is 9.61. The van der Waals surface area contributed by atoms with Crippen molar-refractivity contribution in [1.29, 1.82) is 0 Å². The van der Waals surface area contributed by atoms with Crippen LogP contribution in [0.5, 0.6) is 0 Å². The molecular formula is C16H16FN3. The molecule has 0 saturated heterocycles. The minimum Gasteiger partial charge on any atom is -0.383 e. The van der Waals surface area contributed by atoms with E-state index in [9.17, 15) is 4.39 Å². The van der Waals surface area contributed by atoms with Crippen LogP contribution >= 0.6 is 0 Å². The highest BCUT2D eigenvalue weighted by Gasteiger charge is 2.31. The standard InChI is InChI=1S/C16H16FN3/c1-3-8-20-15(18)14(19-16(20)11-4-5-11)13-7-6-12(17)9-10(13)2/h1,6-7,9,11H,4-5,8,18H2,2H3. The fourth-order valence-corrected chi connectivity index (χ4v) is 2.49. The molecular weight excluding hydrogens is 253 g/mol. The summed E-state index contributed by atoms with van der Waals surface area (Å²) in [5.41, 5.74) is 8.60. The summed E-state index contributed by atoms with van der Waals surface area (Å²) in [5, 5.41) is 0. The SMILES string of the molecule is C#CCn1c(C2CC2)nc(-c2ccc(F)cc2C)c1N. The monoisotopic (exact) mass is 269 g/mol. The fourth-order valence-electron chi connectivity index (χ4n) is 2.49. The zero-order valence-corrected chi connectivity index (χ0v) is 11.4. The van der Waals surface area contributed by atoms with Gasteiger partial charge in [-0.15, -0.1) is 6.42 Å². The van der Waals surface area contributed by atoms with Crippen LogP contribution in [0.15, 0.2) is 18.2 Å². The van der Waals surface area contributed by atoms with Crippen LogP contribution in [-0.4, -0.2) is 9.55 Å². The largest absolute Gasteiger partial charge is 0.383 e. The van der Waals surface area contributed by atoms with Crippen LogP contribution in [0, 0.1) is 25.1 Å². The Bertz CT molecular complexity index is 705. The summed E-state index contributed by atoms with van der Waals surface area (Å²) in [6.07, 6.45) is 7.67. The zero-order chi connectivity index (χ0) is 14.3. The van der Waals surface area contributed by atoms with E-state index >= 15 is 0 Å². The number of nitrogens with zero attached hydrogens (tertiary/aromatic N) is 2. The topological polar surface area (TPSA) is 43.8 Å². The van der Waals surface area contributed by atoms with E-state index in [-0.39, 0.29) is 5.82 Å². The Labute approximate surface area is 117 Å². The van der Waals surface area contributed by atoms with Crippen molar-refractivity contribution in [2.75, 3.05) is 5.73 Å². The number of hydrogen-bond acceptors (Lipinski definition) is 2. The number of imidazole rings is 1. The van der Waals surface area contributed by atoms with E-state index in [2.05, 4.69) is 10.9 Å². The van der Waals surface area contributed by atoms with Gasteiger partial charge in [-0.05, 0) is 43.5 Å². The molecule has 0 radical (unpaired) electrons. The van der Waals surface area contributed by atoms with Gasteiger partial charge in [0.15, 0.2) is 0 Å². The average molecular weight is 269 g/mol. The van der Waals surface area contributed by atoms with Gasteiger partial charge in [0.05, 0.1) is 6.54 Å². The Morgan fingerprint density at radius 1 is 1.50 bits per heavy atom. The highest BCUT2D eigenvalue weighted by Crippen LogP contribution is 2.42. The zero-order valence-electron chi connectivity index (χ0n) is 11.4. The molecule has 4 heteroatoms.